The van der Waals surface area contributed by atoms with Crippen molar-refractivity contribution in [2.24, 2.45) is 0 Å². The summed E-state index contributed by atoms with van der Waals surface area (Å²) >= 11 is 1.71. The molecule has 1 aliphatic rings. The zero-order valence-electron chi connectivity index (χ0n) is 15.4. The van der Waals surface area contributed by atoms with Crippen molar-refractivity contribution in [2.45, 2.75) is 32.2 Å². The molecule has 0 aliphatic carbocycles. The minimum Gasteiger partial charge on any atom is -0.450 e. The number of carbonyl (C=O) groups is 1. The third-order valence-corrected chi connectivity index (χ3v) is 6.10. The van der Waals surface area contributed by atoms with Gasteiger partial charge < -0.3 is 14.2 Å². The second-order valence-corrected chi connectivity index (χ2v) is 7.95. The predicted molar refractivity (Wildman–Crippen MR) is 106 cm³/mol. The molecule has 0 atom stereocenters. The summed E-state index contributed by atoms with van der Waals surface area (Å²) in [5, 5.41) is 3.18. The van der Waals surface area contributed by atoms with Crippen LogP contribution in [0.1, 0.15) is 36.1 Å². The van der Waals surface area contributed by atoms with E-state index < -0.39 is 0 Å². The maximum absolute atomic E-state index is 13.9. The first-order valence-electron chi connectivity index (χ1n) is 9.38. The molecule has 3 heterocycles. The number of benzene rings is 1. The van der Waals surface area contributed by atoms with E-state index in [-0.39, 0.29) is 11.9 Å². The van der Waals surface area contributed by atoms with Gasteiger partial charge in [-0.1, -0.05) is 6.07 Å². The number of ether oxygens (including phenoxy) is 1. The fourth-order valence-electron chi connectivity index (χ4n) is 3.91. The Morgan fingerprint density at radius 2 is 2.11 bits per heavy atom. The number of likely N-dealkylation sites (tertiary alicyclic amines) is 1. The Hall–Kier alpha value is -2.34. The number of amides is 1. The lowest BCUT2D eigenvalue weighted by molar-refractivity contribution is 0.0971. The lowest BCUT2D eigenvalue weighted by Crippen LogP contribution is -2.38. The van der Waals surface area contributed by atoms with Crippen molar-refractivity contribution < 1.29 is 13.9 Å². The molecule has 0 N–H and O–H groups in total. The summed E-state index contributed by atoms with van der Waals surface area (Å²) in [6.45, 7) is 4.37. The molecule has 1 fully saturated rings. The maximum Gasteiger partial charge on any atom is 0.409 e. The molecule has 4 nitrogen and oxygen atoms in total. The quantitative estimate of drug-likeness (QED) is 0.616. The van der Waals surface area contributed by atoms with Gasteiger partial charge in [0.05, 0.1) is 18.7 Å². The molecule has 3 aromatic rings. The second-order valence-electron chi connectivity index (χ2n) is 6.91. The SMILES string of the molecule is CCOC(=O)N1CCC(c2cn(Cc3cccs3)c3cc(F)ccc23)CC1. The van der Waals surface area contributed by atoms with Gasteiger partial charge in [0.15, 0.2) is 0 Å². The van der Waals surface area contributed by atoms with Crippen LogP contribution in [-0.2, 0) is 11.3 Å². The Kier molecular flexibility index (Phi) is 5.16. The third-order valence-electron chi connectivity index (χ3n) is 5.24. The molecule has 1 amide bonds. The number of thiophene rings is 1. The molecule has 0 spiro atoms. The summed E-state index contributed by atoms with van der Waals surface area (Å²) in [5.74, 6) is 0.157. The normalized spacial score (nSPS) is 15.4. The Balaban J connectivity index is 1.60. The van der Waals surface area contributed by atoms with Gasteiger partial charge in [0.25, 0.3) is 0 Å². The van der Waals surface area contributed by atoms with Crippen LogP contribution in [0.2, 0.25) is 0 Å². The molecule has 2 aromatic heterocycles. The number of hydrogen-bond donors (Lipinski definition) is 0. The van der Waals surface area contributed by atoms with Gasteiger partial charge in [0, 0.05) is 29.5 Å². The van der Waals surface area contributed by atoms with E-state index in [1.165, 1.54) is 16.5 Å². The van der Waals surface area contributed by atoms with Crippen LogP contribution in [-0.4, -0.2) is 35.3 Å². The van der Waals surface area contributed by atoms with Crippen LogP contribution in [0.3, 0.4) is 0 Å². The molecule has 0 saturated carbocycles. The van der Waals surface area contributed by atoms with E-state index in [1.54, 1.807) is 22.3 Å². The van der Waals surface area contributed by atoms with E-state index in [2.05, 4.69) is 22.2 Å². The number of halogens is 1. The number of fused-ring (bicyclic) bond motifs is 1. The number of aromatic nitrogens is 1. The van der Waals surface area contributed by atoms with Crippen LogP contribution in [0, 0.1) is 5.82 Å². The van der Waals surface area contributed by atoms with Crippen LogP contribution in [0.5, 0.6) is 0 Å². The molecule has 1 aliphatic heterocycles. The van der Waals surface area contributed by atoms with Crippen molar-refractivity contribution in [1.29, 1.82) is 0 Å². The summed E-state index contributed by atoms with van der Waals surface area (Å²) in [5.41, 5.74) is 2.19. The first-order valence-corrected chi connectivity index (χ1v) is 10.3. The van der Waals surface area contributed by atoms with Crippen molar-refractivity contribution in [3.8, 4) is 0 Å². The Bertz CT molecular complexity index is 927. The zero-order valence-corrected chi connectivity index (χ0v) is 16.2. The van der Waals surface area contributed by atoms with Crippen LogP contribution in [0.4, 0.5) is 9.18 Å². The molecule has 4 rings (SSSR count). The fraction of sp³-hybridized carbons (Fsp3) is 0.381. The van der Waals surface area contributed by atoms with Crippen molar-refractivity contribution >= 4 is 28.3 Å². The summed E-state index contributed by atoms with van der Waals surface area (Å²) in [4.78, 5) is 15.0. The van der Waals surface area contributed by atoms with Gasteiger partial charge in [-0.25, -0.2) is 9.18 Å². The van der Waals surface area contributed by atoms with Crippen molar-refractivity contribution in [2.75, 3.05) is 19.7 Å². The molecule has 0 unspecified atom stereocenters. The van der Waals surface area contributed by atoms with Crippen molar-refractivity contribution in [3.63, 3.8) is 0 Å². The van der Waals surface area contributed by atoms with E-state index in [4.69, 9.17) is 4.74 Å². The standard InChI is InChI=1S/C21H23FN2O2S/c1-2-26-21(25)23-9-7-15(8-10-23)19-14-24(13-17-4-3-11-27-17)20-12-16(22)5-6-18(19)20/h3-6,11-12,14-15H,2,7-10,13H2,1H3. The van der Waals surface area contributed by atoms with E-state index in [0.29, 0.717) is 25.6 Å². The monoisotopic (exact) mass is 386 g/mol. The highest BCUT2D eigenvalue weighted by Gasteiger charge is 2.27. The van der Waals surface area contributed by atoms with E-state index in [9.17, 15) is 9.18 Å². The topological polar surface area (TPSA) is 34.5 Å². The van der Waals surface area contributed by atoms with Crippen LogP contribution in [0.25, 0.3) is 10.9 Å². The molecule has 1 saturated heterocycles. The Morgan fingerprint density at radius 1 is 1.30 bits per heavy atom. The minimum atomic E-state index is -0.224. The largest absolute Gasteiger partial charge is 0.450 e. The lowest BCUT2D eigenvalue weighted by atomic mass is 9.89. The van der Waals surface area contributed by atoms with Crippen LogP contribution < -0.4 is 0 Å². The molecular weight excluding hydrogens is 363 g/mol. The van der Waals surface area contributed by atoms with E-state index >= 15 is 0 Å². The van der Waals surface area contributed by atoms with Crippen molar-refractivity contribution in [1.82, 2.24) is 9.47 Å². The minimum absolute atomic E-state index is 0.211. The Morgan fingerprint density at radius 3 is 2.81 bits per heavy atom. The number of piperidine rings is 1. The number of hydrogen-bond acceptors (Lipinski definition) is 3. The summed E-state index contributed by atoms with van der Waals surface area (Å²) in [6.07, 6.45) is 3.75. The smallest absolute Gasteiger partial charge is 0.409 e. The predicted octanol–water partition coefficient (Wildman–Crippen LogP) is 5.23. The van der Waals surface area contributed by atoms with E-state index in [0.717, 1.165) is 30.3 Å². The van der Waals surface area contributed by atoms with E-state index in [1.807, 2.05) is 19.1 Å². The molecule has 6 heteroatoms. The van der Waals surface area contributed by atoms with Crippen LogP contribution >= 0.6 is 11.3 Å². The van der Waals surface area contributed by atoms with Gasteiger partial charge in [-0.05, 0) is 60.9 Å². The van der Waals surface area contributed by atoms with Gasteiger partial charge in [-0.2, -0.15) is 0 Å². The van der Waals surface area contributed by atoms with Gasteiger partial charge >= 0.3 is 6.09 Å². The highest BCUT2D eigenvalue weighted by Crippen LogP contribution is 2.35. The van der Waals surface area contributed by atoms with Gasteiger partial charge in [-0.15, -0.1) is 11.3 Å². The molecule has 1 aromatic carbocycles. The van der Waals surface area contributed by atoms with Crippen molar-refractivity contribution in [3.05, 3.63) is 58.2 Å². The fourth-order valence-corrected chi connectivity index (χ4v) is 4.61. The number of carbonyl (C=O) groups excluding carboxylic acids is 1. The highest BCUT2D eigenvalue weighted by molar-refractivity contribution is 7.09. The van der Waals surface area contributed by atoms with Gasteiger partial charge in [0.1, 0.15) is 5.82 Å². The average Bonchev–Trinajstić information content (AvgIpc) is 3.31. The summed E-state index contributed by atoms with van der Waals surface area (Å²) in [7, 11) is 0. The number of rotatable bonds is 4. The first kappa shape index (κ1) is 18.0. The first-order chi connectivity index (χ1) is 13.2. The second kappa shape index (κ2) is 7.72. The average molecular weight is 386 g/mol. The van der Waals surface area contributed by atoms with Gasteiger partial charge in [-0.3, -0.25) is 0 Å². The molecular formula is C21H23FN2O2S. The molecule has 0 bridgehead atoms. The molecule has 27 heavy (non-hydrogen) atoms. The maximum atomic E-state index is 13.9. The number of nitrogens with zero attached hydrogens (tertiary/aromatic N) is 2. The highest BCUT2D eigenvalue weighted by atomic mass is 32.1. The molecule has 142 valence electrons. The summed E-state index contributed by atoms with van der Waals surface area (Å²) < 4.78 is 21.2. The Labute approximate surface area is 162 Å². The third kappa shape index (κ3) is 3.72. The van der Waals surface area contributed by atoms with Gasteiger partial charge in [0.2, 0.25) is 0 Å². The lowest BCUT2D eigenvalue weighted by Gasteiger charge is -2.31. The van der Waals surface area contributed by atoms with Crippen LogP contribution in [0.15, 0.2) is 41.9 Å². The zero-order chi connectivity index (χ0) is 18.8. The molecule has 0 radical (unpaired) electrons. The summed E-state index contributed by atoms with van der Waals surface area (Å²) in [6, 6.07) is 9.20.